The van der Waals surface area contributed by atoms with E-state index in [0.717, 1.165) is 0 Å². The van der Waals surface area contributed by atoms with Crippen molar-refractivity contribution in [1.82, 2.24) is 14.7 Å². The van der Waals surface area contributed by atoms with Crippen molar-refractivity contribution in [1.29, 1.82) is 0 Å². The summed E-state index contributed by atoms with van der Waals surface area (Å²) in [6.07, 6.45) is 2.19. The second kappa shape index (κ2) is 4.76. The van der Waals surface area contributed by atoms with E-state index in [1.165, 1.54) is 4.68 Å². The van der Waals surface area contributed by atoms with E-state index in [-0.39, 0.29) is 12.5 Å². The van der Waals surface area contributed by atoms with Crippen molar-refractivity contribution in [3.63, 3.8) is 0 Å². The van der Waals surface area contributed by atoms with Gasteiger partial charge in [0.25, 0.3) is 5.91 Å². The molecule has 0 fully saturated rings. The molecule has 5 heteroatoms. The summed E-state index contributed by atoms with van der Waals surface area (Å²) in [6, 6.07) is 1.68. The Morgan fingerprint density at radius 2 is 2.43 bits per heavy atom. The molecule has 0 aromatic carbocycles. The van der Waals surface area contributed by atoms with Gasteiger partial charge < -0.3 is 10.0 Å². The van der Waals surface area contributed by atoms with Gasteiger partial charge in [-0.25, -0.2) is 0 Å². The van der Waals surface area contributed by atoms with E-state index in [2.05, 4.69) is 5.10 Å². The normalized spacial score (nSPS) is 10.2. The number of aliphatic hydroxyl groups excluding tert-OH is 1. The van der Waals surface area contributed by atoms with E-state index in [0.29, 0.717) is 18.7 Å². The summed E-state index contributed by atoms with van der Waals surface area (Å²) in [4.78, 5) is 13.3. The van der Waals surface area contributed by atoms with Gasteiger partial charge in [-0.15, -0.1) is 0 Å². The van der Waals surface area contributed by atoms with E-state index in [1.54, 1.807) is 31.3 Å². The maximum absolute atomic E-state index is 11.7. The van der Waals surface area contributed by atoms with Gasteiger partial charge in [-0.05, 0) is 12.5 Å². The summed E-state index contributed by atoms with van der Waals surface area (Å²) in [5, 5.41) is 12.5. The van der Waals surface area contributed by atoms with Gasteiger partial charge in [-0.1, -0.05) is 0 Å². The van der Waals surface area contributed by atoms with Crippen LogP contribution < -0.4 is 0 Å². The van der Waals surface area contributed by atoms with E-state index < -0.39 is 0 Å². The molecule has 0 spiro atoms. The van der Waals surface area contributed by atoms with Crippen molar-refractivity contribution in [3.8, 4) is 0 Å². The van der Waals surface area contributed by atoms with Crippen molar-refractivity contribution in [2.75, 3.05) is 20.2 Å². The van der Waals surface area contributed by atoms with Gasteiger partial charge in [0, 0.05) is 33.4 Å². The third kappa shape index (κ3) is 2.32. The number of nitrogens with zero attached hydrogens (tertiary/aromatic N) is 3. The molecule has 0 aliphatic carbocycles. The number of hydrogen-bond donors (Lipinski definition) is 1. The van der Waals surface area contributed by atoms with Crippen molar-refractivity contribution >= 4 is 5.91 Å². The number of aliphatic hydroxyl groups is 1. The van der Waals surface area contributed by atoms with Gasteiger partial charge in [0.15, 0.2) is 0 Å². The molecule has 0 aliphatic heterocycles. The molecule has 14 heavy (non-hydrogen) atoms. The fourth-order valence-corrected chi connectivity index (χ4v) is 1.19. The lowest BCUT2D eigenvalue weighted by molar-refractivity contribution is 0.0775. The number of carbonyl (C=O) groups is 1. The first-order chi connectivity index (χ1) is 6.66. The molecular formula is C9H15N3O2. The molecule has 1 aromatic rings. The molecule has 0 saturated heterocycles. The monoisotopic (exact) mass is 197 g/mol. The maximum Gasteiger partial charge on any atom is 0.271 e. The Labute approximate surface area is 82.9 Å². The molecule has 78 valence electrons. The van der Waals surface area contributed by atoms with Gasteiger partial charge >= 0.3 is 0 Å². The zero-order chi connectivity index (χ0) is 10.6. The lowest BCUT2D eigenvalue weighted by Crippen LogP contribution is -2.29. The highest BCUT2D eigenvalue weighted by Gasteiger charge is 2.13. The number of aromatic nitrogens is 2. The fraction of sp³-hybridized carbons (Fsp3) is 0.556. The molecule has 5 nitrogen and oxygen atoms in total. The number of carbonyl (C=O) groups excluding carboxylic acids is 1. The van der Waals surface area contributed by atoms with Crippen molar-refractivity contribution in [3.05, 3.63) is 18.0 Å². The summed E-state index contributed by atoms with van der Waals surface area (Å²) < 4.78 is 1.54. The molecule has 0 atom stereocenters. The summed E-state index contributed by atoms with van der Waals surface area (Å²) in [6.45, 7) is 0.656. The lowest BCUT2D eigenvalue weighted by Gasteiger charge is -2.16. The zero-order valence-electron chi connectivity index (χ0n) is 8.47. The molecule has 1 aromatic heterocycles. The average molecular weight is 197 g/mol. The topological polar surface area (TPSA) is 58.4 Å². The van der Waals surface area contributed by atoms with E-state index in [1.807, 2.05) is 0 Å². The smallest absolute Gasteiger partial charge is 0.271 e. The van der Waals surface area contributed by atoms with E-state index in [4.69, 9.17) is 5.11 Å². The van der Waals surface area contributed by atoms with Crippen LogP contribution in [0.25, 0.3) is 0 Å². The van der Waals surface area contributed by atoms with Crippen LogP contribution >= 0.6 is 0 Å². The molecular weight excluding hydrogens is 182 g/mol. The Balaban J connectivity index is 2.61. The standard InChI is InChI=1S/C9H15N3O2/c1-11(6-3-7-13)9(14)8-4-5-10-12(8)2/h4-5,13H,3,6-7H2,1-2H3. The first kappa shape index (κ1) is 10.7. The van der Waals surface area contributed by atoms with Crippen LogP contribution in [0.3, 0.4) is 0 Å². The Kier molecular flexibility index (Phi) is 3.64. The molecule has 1 rings (SSSR count). The van der Waals surface area contributed by atoms with Crippen molar-refractivity contribution < 1.29 is 9.90 Å². The minimum atomic E-state index is -0.0709. The number of aryl methyl sites for hydroxylation is 1. The largest absolute Gasteiger partial charge is 0.396 e. The molecule has 0 unspecified atom stereocenters. The zero-order valence-corrected chi connectivity index (χ0v) is 8.47. The highest BCUT2D eigenvalue weighted by molar-refractivity contribution is 5.92. The van der Waals surface area contributed by atoms with Gasteiger partial charge in [0.05, 0.1) is 0 Å². The van der Waals surface area contributed by atoms with Crippen LogP contribution in [0.1, 0.15) is 16.9 Å². The van der Waals surface area contributed by atoms with Gasteiger partial charge in [0.2, 0.25) is 0 Å². The van der Waals surface area contributed by atoms with Crippen molar-refractivity contribution in [2.45, 2.75) is 6.42 Å². The number of hydrogen-bond acceptors (Lipinski definition) is 3. The maximum atomic E-state index is 11.7. The fourth-order valence-electron chi connectivity index (χ4n) is 1.19. The second-order valence-corrected chi connectivity index (χ2v) is 3.14. The Morgan fingerprint density at radius 3 is 2.93 bits per heavy atom. The van der Waals surface area contributed by atoms with Crippen LogP contribution in [0.5, 0.6) is 0 Å². The number of rotatable bonds is 4. The van der Waals surface area contributed by atoms with Crippen LogP contribution in [0.15, 0.2) is 12.3 Å². The van der Waals surface area contributed by atoms with Gasteiger partial charge in [-0.2, -0.15) is 5.10 Å². The Morgan fingerprint density at radius 1 is 1.71 bits per heavy atom. The Bertz CT molecular complexity index is 309. The summed E-state index contributed by atoms with van der Waals surface area (Å²) in [7, 11) is 3.44. The SMILES string of the molecule is CN(CCCO)C(=O)c1ccnn1C. The summed E-state index contributed by atoms with van der Waals surface area (Å²) >= 11 is 0. The third-order valence-electron chi connectivity index (χ3n) is 2.04. The molecule has 1 heterocycles. The molecule has 1 amide bonds. The quantitative estimate of drug-likeness (QED) is 0.731. The van der Waals surface area contributed by atoms with Crippen molar-refractivity contribution in [2.24, 2.45) is 7.05 Å². The highest BCUT2D eigenvalue weighted by atomic mass is 16.3. The molecule has 0 aliphatic rings. The molecule has 0 bridgehead atoms. The molecule has 1 N–H and O–H groups in total. The molecule has 0 saturated carbocycles. The van der Waals surface area contributed by atoms with Crippen LogP contribution in [0.2, 0.25) is 0 Å². The predicted molar refractivity (Wildman–Crippen MR) is 51.9 cm³/mol. The lowest BCUT2D eigenvalue weighted by atomic mass is 10.3. The Hall–Kier alpha value is -1.36. The van der Waals surface area contributed by atoms with Crippen LogP contribution in [0, 0.1) is 0 Å². The highest BCUT2D eigenvalue weighted by Crippen LogP contribution is 2.01. The van der Waals surface area contributed by atoms with Gasteiger partial charge in [-0.3, -0.25) is 9.48 Å². The van der Waals surface area contributed by atoms with Crippen LogP contribution in [0.4, 0.5) is 0 Å². The first-order valence-corrected chi connectivity index (χ1v) is 4.51. The number of amides is 1. The predicted octanol–water partition coefficient (Wildman–Crippen LogP) is -0.126. The summed E-state index contributed by atoms with van der Waals surface area (Å²) in [5.41, 5.74) is 0.561. The van der Waals surface area contributed by atoms with Crippen LogP contribution in [-0.4, -0.2) is 45.9 Å². The minimum Gasteiger partial charge on any atom is -0.396 e. The summed E-state index contributed by atoms with van der Waals surface area (Å²) in [5.74, 6) is -0.0709. The second-order valence-electron chi connectivity index (χ2n) is 3.14. The minimum absolute atomic E-state index is 0.0709. The van der Waals surface area contributed by atoms with E-state index in [9.17, 15) is 4.79 Å². The van der Waals surface area contributed by atoms with E-state index >= 15 is 0 Å². The molecule has 0 radical (unpaired) electrons. The third-order valence-corrected chi connectivity index (χ3v) is 2.04. The van der Waals surface area contributed by atoms with Gasteiger partial charge in [0.1, 0.15) is 5.69 Å². The first-order valence-electron chi connectivity index (χ1n) is 4.51. The van der Waals surface area contributed by atoms with Crippen LogP contribution in [-0.2, 0) is 7.05 Å². The average Bonchev–Trinajstić information content (AvgIpc) is 2.59.